The molecule has 3 aromatic rings. The van der Waals surface area contributed by atoms with Gasteiger partial charge in [-0.3, -0.25) is 4.79 Å². The fourth-order valence-electron chi connectivity index (χ4n) is 4.33. The van der Waals surface area contributed by atoms with Gasteiger partial charge in [0.25, 0.3) is 0 Å². The molecule has 5 rings (SSSR count). The lowest BCUT2D eigenvalue weighted by Crippen LogP contribution is -2.53. The number of piperazine rings is 1. The molecule has 0 aromatic carbocycles. The van der Waals surface area contributed by atoms with Gasteiger partial charge >= 0.3 is 0 Å². The van der Waals surface area contributed by atoms with Crippen molar-refractivity contribution in [2.24, 2.45) is 0 Å². The number of hydrogen-bond acceptors (Lipinski definition) is 8. The van der Waals surface area contributed by atoms with Crippen LogP contribution in [-0.2, 0) is 11.2 Å². The number of nitrogens with one attached hydrogen (secondary N) is 1. The van der Waals surface area contributed by atoms with Crippen LogP contribution < -0.4 is 15.1 Å². The van der Waals surface area contributed by atoms with E-state index in [1.165, 1.54) is 6.07 Å². The fraction of sp³-hybridized carbons (Fsp3) is 0.364. The minimum absolute atomic E-state index is 0.00310. The summed E-state index contributed by atoms with van der Waals surface area (Å²) in [6.07, 6.45) is 5.78. The van der Waals surface area contributed by atoms with Crippen molar-refractivity contribution in [1.29, 1.82) is 0 Å². The highest BCUT2D eigenvalue weighted by molar-refractivity contribution is 5.83. The molecular formula is C22H23FN8O. The maximum atomic E-state index is 14.5. The molecule has 0 radical (unpaired) electrons. The fourth-order valence-corrected chi connectivity index (χ4v) is 4.33. The van der Waals surface area contributed by atoms with Crippen molar-refractivity contribution in [3.05, 3.63) is 54.0 Å². The van der Waals surface area contributed by atoms with E-state index in [1.54, 1.807) is 24.7 Å². The maximum absolute atomic E-state index is 14.5. The highest BCUT2D eigenvalue weighted by atomic mass is 19.1. The van der Waals surface area contributed by atoms with Gasteiger partial charge in [0.1, 0.15) is 5.82 Å². The van der Waals surface area contributed by atoms with Crippen molar-refractivity contribution in [2.45, 2.75) is 32.4 Å². The van der Waals surface area contributed by atoms with E-state index < -0.39 is 5.95 Å². The van der Waals surface area contributed by atoms with Crippen molar-refractivity contribution in [3.63, 3.8) is 0 Å². The molecule has 10 heteroatoms. The number of fused-ring (bicyclic) bond motifs is 1. The average Bonchev–Trinajstić information content (AvgIpc) is 2.78. The Balaban J connectivity index is 1.43. The number of halogens is 1. The molecule has 2 atom stereocenters. The second-order valence-electron chi connectivity index (χ2n) is 8.14. The van der Waals surface area contributed by atoms with Crippen LogP contribution in [0, 0.1) is 5.95 Å². The number of carbonyl (C=O) groups is 1. The third-order valence-corrected chi connectivity index (χ3v) is 5.83. The van der Waals surface area contributed by atoms with E-state index in [4.69, 9.17) is 0 Å². The third kappa shape index (κ3) is 3.83. The summed E-state index contributed by atoms with van der Waals surface area (Å²) in [5, 5.41) is 2.88. The molecule has 0 aliphatic carbocycles. The van der Waals surface area contributed by atoms with Crippen molar-refractivity contribution in [3.8, 4) is 11.6 Å². The Labute approximate surface area is 184 Å². The van der Waals surface area contributed by atoms with Gasteiger partial charge in [-0.15, -0.1) is 0 Å². The van der Waals surface area contributed by atoms with Crippen LogP contribution >= 0.6 is 0 Å². The van der Waals surface area contributed by atoms with Crippen LogP contribution in [0.2, 0.25) is 0 Å². The summed E-state index contributed by atoms with van der Waals surface area (Å²) in [5.41, 5.74) is 2.55. The van der Waals surface area contributed by atoms with E-state index in [2.05, 4.69) is 30.2 Å². The molecule has 0 saturated carbocycles. The first kappa shape index (κ1) is 20.2. The topological polar surface area (TPSA) is 100 Å². The molecule has 0 bridgehead atoms. The summed E-state index contributed by atoms with van der Waals surface area (Å²) in [4.78, 5) is 37.6. The van der Waals surface area contributed by atoms with Crippen LogP contribution in [-0.4, -0.2) is 56.5 Å². The predicted octanol–water partition coefficient (Wildman–Crippen LogP) is 1.92. The zero-order chi connectivity index (χ0) is 22.2. The normalized spacial score (nSPS) is 20.7. The van der Waals surface area contributed by atoms with Crippen LogP contribution in [0.15, 0.2) is 36.8 Å². The van der Waals surface area contributed by atoms with Crippen molar-refractivity contribution in [1.82, 2.24) is 30.2 Å². The number of anilines is 2. The van der Waals surface area contributed by atoms with Gasteiger partial charge in [-0.25, -0.2) is 24.9 Å². The number of hydrogen-bond donors (Lipinski definition) is 1. The zero-order valence-corrected chi connectivity index (χ0v) is 17.9. The Kier molecular flexibility index (Phi) is 5.12. The van der Waals surface area contributed by atoms with E-state index in [1.807, 2.05) is 29.7 Å². The zero-order valence-electron chi connectivity index (χ0n) is 17.9. The first-order chi connectivity index (χ1) is 15.5. The molecule has 2 aliphatic rings. The highest BCUT2D eigenvalue weighted by Gasteiger charge is 2.29. The molecule has 2 unspecified atom stereocenters. The molecule has 2 aliphatic heterocycles. The van der Waals surface area contributed by atoms with Gasteiger partial charge < -0.3 is 15.1 Å². The van der Waals surface area contributed by atoms with E-state index in [9.17, 15) is 9.18 Å². The Bertz CT molecular complexity index is 1160. The molecule has 5 heterocycles. The van der Waals surface area contributed by atoms with Crippen LogP contribution in [0.4, 0.5) is 15.9 Å². The minimum atomic E-state index is -0.568. The van der Waals surface area contributed by atoms with Crippen molar-refractivity contribution < 1.29 is 9.18 Å². The maximum Gasteiger partial charge on any atom is 0.239 e. The molecule has 3 aromatic heterocycles. The lowest BCUT2D eigenvalue weighted by Gasteiger charge is -2.37. The van der Waals surface area contributed by atoms with Gasteiger partial charge in [0.2, 0.25) is 11.9 Å². The molecule has 9 nitrogen and oxygen atoms in total. The van der Waals surface area contributed by atoms with E-state index in [-0.39, 0.29) is 24.5 Å². The Morgan fingerprint density at radius 2 is 1.91 bits per heavy atom. The summed E-state index contributed by atoms with van der Waals surface area (Å²) in [5.74, 6) is 0.877. The Morgan fingerprint density at radius 1 is 1.09 bits per heavy atom. The molecule has 1 N–H and O–H groups in total. The van der Waals surface area contributed by atoms with Gasteiger partial charge in [-0.2, -0.15) is 4.39 Å². The van der Waals surface area contributed by atoms with Gasteiger partial charge in [0, 0.05) is 67.5 Å². The Hall–Kier alpha value is -3.69. The molecule has 0 spiro atoms. The molecule has 1 amide bonds. The standard InChI is InChI=1S/C22H23FN8O/c1-13-11-30(12-20(32)27-13)15-8-18(23)29-19(9-15)31-7-4-17-16(14(31)2)10-26-22(28-17)21-24-5-3-6-25-21/h3,5-6,8-10,13-14H,4,7,11-12H2,1-2H3,(H,27,32). The summed E-state index contributed by atoms with van der Waals surface area (Å²) in [6.45, 7) is 5.41. The summed E-state index contributed by atoms with van der Waals surface area (Å²) in [7, 11) is 0. The predicted molar refractivity (Wildman–Crippen MR) is 117 cm³/mol. The van der Waals surface area contributed by atoms with E-state index in [0.29, 0.717) is 42.7 Å². The second-order valence-corrected chi connectivity index (χ2v) is 8.14. The third-order valence-electron chi connectivity index (χ3n) is 5.83. The molecular weight excluding hydrogens is 411 g/mol. The largest absolute Gasteiger partial charge is 0.360 e. The highest BCUT2D eigenvalue weighted by Crippen LogP contribution is 2.34. The minimum Gasteiger partial charge on any atom is -0.360 e. The van der Waals surface area contributed by atoms with E-state index >= 15 is 0 Å². The number of pyridine rings is 1. The summed E-state index contributed by atoms with van der Waals surface area (Å²) >= 11 is 0. The van der Waals surface area contributed by atoms with Crippen molar-refractivity contribution >= 4 is 17.4 Å². The molecule has 32 heavy (non-hydrogen) atoms. The molecule has 1 saturated heterocycles. The van der Waals surface area contributed by atoms with Gasteiger partial charge in [-0.05, 0) is 19.9 Å². The molecule has 1 fully saturated rings. The van der Waals surface area contributed by atoms with Crippen LogP contribution in [0.1, 0.15) is 31.1 Å². The number of amides is 1. The number of carbonyl (C=O) groups excluding carboxylic acids is 1. The van der Waals surface area contributed by atoms with Crippen molar-refractivity contribution in [2.75, 3.05) is 29.4 Å². The lowest BCUT2D eigenvalue weighted by atomic mass is 9.99. The summed E-state index contributed by atoms with van der Waals surface area (Å²) < 4.78 is 14.5. The quantitative estimate of drug-likeness (QED) is 0.624. The first-order valence-corrected chi connectivity index (χ1v) is 10.6. The average molecular weight is 434 g/mol. The van der Waals surface area contributed by atoms with Crippen LogP contribution in [0.5, 0.6) is 0 Å². The van der Waals surface area contributed by atoms with Gasteiger partial charge in [0.15, 0.2) is 11.6 Å². The van der Waals surface area contributed by atoms with Crippen LogP contribution in [0.25, 0.3) is 11.6 Å². The number of rotatable bonds is 3. The smallest absolute Gasteiger partial charge is 0.239 e. The Morgan fingerprint density at radius 3 is 2.69 bits per heavy atom. The monoisotopic (exact) mass is 434 g/mol. The van der Waals surface area contributed by atoms with Gasteiger partial charge in [-0.1, -0.05) is 0 Å². The first-order valence-electron chi connectivity index (χ1n) is 10.6. The van der Waals surface area contributed by atoms with Gasteiger partial charge in [0.05, 0.1) is 18.3 Å². The SMILES string of the molecule is CC1CN(c2cc(F)nc(N3CCc4nc(-c5ncccn5)ncc4C3C)c2)CC(=O)N1. The lowest BCUT2D eigenvalue weighted by molar-refractivity contribution is -0.121. The number of nitrogens with zero attached hydrogens (tertiary/aromatic N) is 7. The van der Waals surface area contributed by atoms with E-state index in [0.717, 1.165) is 11.3 Å². The van der Waals surface area contributed by atoms with Crippen LogP contribution in [0.3, 0.4) is 0 Å². The summed E-state index contributed by atoms with van der Waals surface area (Å²) in [6, 6.07) is 4.89. The number of aromatic nitrogens is 5. The second kappa shape index (κ2) is 8.10. The molecule has 164 valence electrons.